The van der Waals surface area contributed by atoms with Crippen molar-refractivity contribution in [2.75, 3.05) is 7.11 Å². The van der Waals surface area contributed by atoms with Gasteiger partial charge in [-0.2, -0.15) is 0 Å². The molecule has 1 aliphatic rings. The van der Waals surface area contributed by atoms with Crippen molar-refractivity contribution in [2.24, 2.45) is 0 Å². The molecule has 0 spiro atoms. The van der Waals surface area contributed by atoms with E-state index in [1.165, 1.54) is 26.3 Å². The predicted octanol–water partition coefficient (Wildman–Crippen LogP) is -1.81. The number of ether oxygens (including phenoxy) is 2. The van der Waals surface area contributed by atoms with Crippen molar-refractivity contribution in [3.05, 3.63) is 33.1 Å². The van der Waals surface area contributed by atoms with Gasteiger partial charge in [0.1, 0.15) is 18.3 Å². The minimum Gasteiger partial charge on any atom is -0.391 e. The maximum absolute atomic E-state index is 11.7. The molecular weight excluding hydrogens is 256 g/mol. The third-order valence-corrected chi connectivity index (χ3v) is 3.12. The van der Waals surface area contributed by atoms with Crippen LogP contribution in [0.3, 0.4) is 0 Å². The molecule has 3 N–H and O–H groups in total. The highest BCUT2D eigenvalue weighted by Crippen LogP contribution is 2.31. The van der Waals surface area contributed by atoms with E-state index < -0.39 is 41.9 Å². The van der Waals surface area contributed by atoms with Gasteiger partial charge in [-0.05, 0) is 6.92 Å². The van der Waals surface area contributed by atoms with Crippen molar-refractivity contribution in [3.63, 3.8) is 0 Å². The molecule has 106 valence electrons. The summed E-state index contributed by atoms with van der Waals surface area (Å²) < 4.78 is 11.7. The average molecular weight is 272 g/mol. The Labute approximate surface area is 108 Å². The zero-order chi connectivity index (χ0) is 14.2. The number of aromatic nitrogens is 2. The number of aromatic amines is 1. The molecule has 8 heteroatoms. The lowest BCUT2D eigenvalue weighted by Crippen LogP contribution is -2.39. The average Bonchev–Trinajstić information content (AvgIpc) is 2.66. The van der Waals surface area contributed by atoms with Crippen molar-refractivity contribution in [2.45, 2.75) is 37.6 Å². The van der Waals surface area contributed by atoms with Crippen molar-refractivity contribution in [1.82, 2.24) is 9.55 Å². The van der Waals surface area contributed by atoms with Gasteiger partial charge in [-0.3, -0.25) is 14.3 Å². The molecule has 0 radical (unpaired) electrons. The molecule has 1 fully saturated rings. The monoisotopic (exact) mass is 272 g/mol. The van der Waals surface area contributed by atoms with E-state index in [1.54, 1.807) is 0 Å². The Morgan fingerprint density at radius 3 is 2.74 bits per heavy atom. The van der Waals surface area contributed by atoms with Gasteiger partial charge in [0, 0.05) is 19.4 Å². The molecule has 0 unspecified atom stereocenters. The second kappa shape index (κ2) is 5.25. The zero-order valence-corrected chi connectivity index (χ0v) is 10.5. The molecule has 1 aromatic rings. The Morgan fingerprint density at radius 1 is 1.53 bits per heavy atom. The summed E-state index contributed by atoms with van der Waals surface area (Å²) in [6, 6.07) is 1.17. The summed E-state index contributed by atoms with van der Waals surface area (Å²) >= 11 is 0. The number of aliphatic hydroxyl groups excluding tert-OH is 2. The van der Waals surface area contributed by atoms with Gasteiger partial charge in [0.15, 0.2) is 6.23 Å². The summed E-state index contributed by atoms with van der Waals surface area (Å²) in [6.07, 6.45) is -3.33. The minimum atomic E-state index is -1.08. The summed E-state index contributed by atoms with van der Waals surface area (Å²) in [6.45, 7) is 1.47. The first-order valence-corrected chi connectivity index (χ1v) is 5.81. The highest BCUT2D eigenvalue weighted by Gasteiger charge is 2.47. The standard InChI is InChI=1S/C11H16N2O6/c1-5(14)8-7(16)9(18-2)10(19-8)13-4-3-6(15)12-11(13)17/h3-5,7-10,14,16H,1-2H3,(H,12,15,17)/t5-,7-,8-,9-,10-/m1/s1. The molecule has 0 bridgehead atoms. The van der Waals surface area contributed by atoms with Crippen LogP contribution in [0.15, 0.2) is 21.9 Å². The molecule has 1 aliphatic heterocycles. The van der Waals surface area contributed by atoms with Gasteiger partial charge in [-0.15, -0.1) is 0 Å². The van der Waals surface area contributed by atoms with Crippen LogP contribution in [-0.2, 0) is 9.47 Å². The highest BCUT2D eigenvalue weighted by atomic mass is 16.6. The van der Waals surface area contributed by atoms with E-state index in [2.05, 4.69) is 4.98 Å². The van der Waals surface area contributed by atoms with Crippen LogP contribution in [0.25, 0.3) is 0 Å². The molecule has 8 nitrogen and oxygen atoms in total. The van der Waals surface area contributed by atoms with Crippen molar-refractivity contribution < 1.29 is 19.7 Å². The fourth-order valence-corrected chi connectivity index (χ4v) is 2.18. The molecule has 0 amide bonds. The summed E-state index contributed by atoms with van der Waals surface area (Å²) in [4.78, 5) is 24.8. The molecule has 1 aromatic heterocycles. The van der Waals surface area contributed by atoms with Crippen LogP contribution < -0.4 is 11.2 Å². The zero-order valence-electron chi connectivity index (χ0n) is 10.5. The van der Waals surface area contributed by atoms with Crippen molar-refractivity contribution >= 4 is 0 Å². The quantitative estimate of drug-likeness (QED) is 0.597. The van der Waals surface area contributed by atoms with Crippen molar-refractivity contribution in [1.29, 1.82) is 0 Å². The Balaban J connectivity index is 2.38. The SMILES string of the molecule is CO[C@@H]1[C@H](O)[C@@H]([C@@H](C)O)O[C@H]1n1ccc(=O)[nH]c1=O. The fourth-order valence-electron chi connectivity index (χ4n) is 2.18. The summed E-state index contributed by atoms with van der Waals surface area (Å²) in [5.74, 6) is 0. The minimum absolute atomic E-state index is 0.527. The predicted molar refractivity (Wildman–Crippen MR) is 63.7 cm³/mol. The van der Waals surface area contributed by atoms with Crippen LogP contribution in [0.5, 0.6) is 0 Å². The first-order valence-electron chi connectivity index (χ1n) is 5.81. The number of hydrogen-bond donors (Lipinski definition) is 3. The molecule has 19 heavy (non-hydrogen) atoms. The largest absolute Gasteiger partial charge is 0.391 e. The highest BCUT2D eigenvalue weighted by molar-refractivity contribution is 4.95. The van der Waals surface area contributed by atoms with Gasteiger partial charge < -0.3 is 19.7 Å². The van der Waals surface area contributed by atoms with E-state index in [1.807, 2.05) is 0 Å². The summed E-state index contributed by atoms with van der Waals surface area (Å²) in [7, 11) is 1.37. The molecule has 2 rings (SSSR count). The normalized spacial score (nSPS) is 32.4. The van der Waals surface area contributed by atoms with Crippen LogP contribution >= 0.6 is 0 Å². The number of aliphatic hydroxyl groups is 2. The topological polar surface area (TPSA) is 114 Å². The molecule has 0 aromatic carbocycles. The van der Waals surface area contributed by atoms with Gasteiger partial charge in [0.05, 0.1) is 6.10 Å². The summed E-state index contributed by atoms with van der Waals surface area (Å²) in [5, 5.41) is 19.5. The van der Waals surface area contributed by atoms with Crippen LogP contribution in [0.1, 0.15) is 13.2 Å². The maximum Gasteiger partial charge on any atom is 0.330 e. The lowest BCUT2D eigenvalue weighted by molar-refractivity contribution is -0.0826. The Kier molecular flexibility index (Phi) is 3.85. The number of methoxy groups -OCH3 is 1. The molecule has 0 aliphatic carbocycles. The molecule has 5 atom stereocenters. The van der Waals surface area contributed by atoms with E-state index in [9.17, 15) is 19.8 Å². The van der Waals surface area contributed by atoms with Crippen molar-refractivity contribution in [3.8, 4) is 0 Å². The number of nitrogens with one attached hydrogen (secondary N) is 1. The Bertz CT molecular complexity index is 551. The van der Waals surface area contributed by atoms with Crippen LogP contribution in [0, 0.1) is 0 Å². The smallest absolute Gasteiger partial charge is 0.330 e. The van der Waals surface area contributed by atoms with E-state index in [4.69, 9.17) is 9.47 Å². The number of nitrogens with zero attached hydrogens (tertiary/aromatic N) is 1. The third kappa shape index (κ3) is 2.47. The Hall–Kier alpha value is -1.48. The second-order valence-electron chi connectivity index (χ2n) is 4.44. The van der Waals surface area contributed by atoms with Crippen LogP contribution in [-0.4, -0.2) is 51.3 Å². The first kappa shape index (κ1) is 13.9. The fraction of sp³-hybridized carbons (Fsp3) is 0.636. The van der Waals surface area contributed by atoms with E-state index in [0.717, 1.165) is 4.57 Å². The van der Waals surface area contributed by atoms with Crippen LogP contribution in [0.4, 0.5) is 0 Å². The first-order chi connectivity index (χ1) is 8.95. The van der Waals surface area contributed by atoms with Gasteiger partial charge in [0.25, 0.3) is 5.56 Å². The van der Waals surface area contributed by atoms with Crippen LogP contribution in [0.2, 0.25) is 0 Å². The number of H-pyrrole nitrogens is 1. The lowest BCUT2D eigenvalue weighted by Gasteiger charge is -2.19. The molecule has 1 saturated heterocycles. The lowest BCUT2D eigenvalue weighted by atomic mass is 10.1. The van der Waals surface area contributed by atoms with Gasteiger partial charge >= 0.3 is 5.69 Å². The third-order valence-electron chi connectivity index (χ3n) is 3.12. The number of rotatable bonds is 3. The van der Waals surface area contributed by atoms with E-state index >= 15 is 0 Å². The van der Waals surface area contributed by atoms with Gasteiger partial charge in [-0.1, -0.05) is 0 Å². The maximum atomic E-state index is 11.7. The van der Waals surface area contributed by atoms with E-state index in [-0.39, 0.29) is 0 Å². The van der Waals surface area contributed by atoms with E-state index in [0.29, 0.717) is 0 Å². The second-order valence-corrected chi connectivity index (χ2v) is 4.44. The molecule has 0 saturated carbocycles. The summed E-state index contributed by atoms with van der Waals surface area (Å²) in [5.41, 5.74) is -1.20. The van der Waals surface area contributed by atoms with Gasteiger partial charge in [0.2, 0.25) is 0 Å². The molecular formula is C11H16N2O6. The number of hydrogen-bond acceptors (Lipinski definition) is 6. The molecule has 2 heterocycles. The van der Waals surface area contributed by atoms with Gasteiger partial charge in [-0.25, -0.2) is 4.79 Å². The Morgan fingerprint density at radius 2 is 2.21 bits per heavy atom.